The van der Waals surface area contributed by atoms with Crippen LogP contribution in [0.1, 0.15) is 54.4 Å². The first-order chi connectivity index (χ1) is 14.7. The van der Waals surface area contributed by atoms with Gasteiger partial charge in [0.25, 0.3) is 5.91 Å². The Hall–Kier alpha value is -2.71. The van der Waals surface area contributed by atoms with E-state index in [0.717, 1.165) is 35.4 Å². The number of piperidine rings is 1. The van der Waals surface area contributed by atoms with E-state index in [1.54, 1.807) is 24.8 Å². The van der Waals surface area contributed by atoms with E-state index in [-0.39, 0.29) is 22.8 Å². The lowest BCUT2D eigenvalue weighted by molar-refractivity contribution is 0.0705. The van der Waals surface area contributed by atoms with Crippen molar-refractivity contribution in [3.8, 4) is 0 Å². The number of aryl methyl sites for hydroxylation is 1. The van der Waals surface area contributed by atoms with Crippen LogP contribution in [0, 0.1) is 6.92 Å². The van der Waals surface area contributed by atoms with Crippen LogP contribution in [0.2, 0.25) is 0 Å². The standard InChI is InChI=1S/C23H27N3O4S/c1-15(2)25-31(28,29)18-9-8-16(3)19(14-18)23(27)26-12-10-17(11-13-26)22-24-20-6-4-5-7-21(20)30-22/h4-9,14-15,17,25H,10-13H2,1-3H3. The SMILES string of the molecule is Cc1ccc(S(=O)(=O)NC(C)C)cc1C(=O)N1CCC(c2nc3ccccc3o2)CC1. The summed E-state index contributed by atoms with van der Waals surface area (Å²) in [5.74, 6) is 0.743. The number of sulfonamides is 1. The average molecular weight is 442 g/mol. The van der Waals surface area contributed by atoms with Crippen molar-refractivity contribution in [3.63, 3.8) is 0 Å². The Morgan fingerprint density at radius 3 is 2.55 bits per heavy atom. The van der Waals surface area contributed by atoms with E-state index in [4.69, 9.17) is 4.42 Å². The fourth-order valence-corrected chi connectivity index (χ4v) is 5.22. The van der Waals surface area contributed by atoms with Gasteiger partial charge in [-0.05, 0) is 63.4 Å². The minimum absolute atomic E-state index is 0.108. The number of benzene rings is 2. The van der Waals surface area contributed by atoms with E-state index >= 15 is 0 Å². The number of rotatable bonds is 5. The summed E-state index contributed by atoms with van der Waals surface area (Å²) >= 11 is 0. The van der Waals surface area contributed by atoms with Crippen molar-refractivity contribution in [2.75, 3.05) is 13.1 Å². The monoisotopic (exact) mass is 441 g/mol. The maximum atomic E-state index is 13.2. The van der Waals surface area contributed by atoms with Crippen molar-refractivity contribution < 1.29 is 17.6 Å². The topological polar surface area (TPSA) is 92.5 Å². The molecule has 3 aromatic rings. The normalized spacial score (nSPS) is 15.7. The number of fused-ring (bicyclic) bond motifs is 1. The molecule has 1 aromatic heterocycles. The third-order valence-corrected chi connectivity index (χ3v) is 7.24. The van der Waals surface area contributed by atoms with Gasteiger partial charge in [-0.2, -0.15) is 0 Å². The fraction of sp³-hybridized carbons (Fsp3) is 0.391. The molecule has 1 saturated heterocycles. The first-order valence-electron chi connectivity index (χ1n) is 10.5. The number of hydrogen-bond donors (Lipinski definition) is 1. The van der Waals surface area contributed by atoms with Gasteiger partial charge in [0.2, 0.25) is 10.0 Å². The first kappa shape index (κ1) is 21.5. The second-order valence-corrected chi connectivity index (χ2v) is 10.1. The molecule has 8 heteroatoms. The van der Waals surface area contributed by atoms with Gasteiger partial charge in [-0.25, -0.2) is 18.1 Å². The smallest absolute Gasteiger partial charge is 0.254 e. The van der Waals surface area contributed by atoms with Crippen molar-refractivity contribution >= 4 is 27.0 Å². The average Bonchev–Trinajstić information content (AvgIpc) is 3.17. The van der Waals surface area contributed by atoms with Crippen molar-refractivity contribution in [3.05, 3.63) is 59.5 Å². The van der Waals surface area contributed by atoms with Gasteiger partial charge in [-0.15, -0.1) is 0 Å². The molecule has 1 fully saturated rings. The largest absolute Gasteiger partial charge is 0.440 e. The Labute approximate surface area is 182 Å². The molecule has 1 aliphatic heterocycles. The number of nitrogens with one attached hydrogen (secondary N) is 1. The summed E-state index contributed by atoms with van der Waals surface area (Å²) in [6.45, 7) is 6.49. The van der Waals surface area contributed by atoms with Crippen LogP contribution < -0.4 is 4.72 Å². The number of aromatic nitrogens is 1. The molecule has 164 valence electrons. The number of likely N-dealkylation sites (tertiary alicyclic amines) is 1. The number of amides is 1. The maximum Gasteiger partial charge on any atom is 0.254 e. The molecule has 0 unspecified atom stereocenters. The molecule has 2 aromatic carbocycles. The molecule has 4 rings (SSSR count). The van der Waals surface area contributed by atoms with Crippen molar-refractivity contribution in [2.24, 2.45) is 0 Å². The number of carbonyl (C=O) groups excluding carboxylic acids is 1. The number of para-hydroxylation sites is 2. The van der Waals surface area contributed by atoms with E-state index in [2.05, 4.69) is 9.71 Å². The molecule has 0 spiro atoms. The third kappa shape index (κ3) is 4.50. The van der Waals surface area contributed by atoms with Crippen LogP contribution in [-0.2, 0) is 10.0 Å². The molecular formula is C23H27N3O4S. The molecule has 1 aliphatic rings. The summed E-state index contributed by atoms with van der Waals surface area (Å²) in [6, 6.07) is 12.2. The van der Waals surface area contributed by atoms with E-state index in [1.807, 2.05) is 31.2 Å². The van der Waals surface area contributed by atoms with Gasteiger partial charge in [0.1, 0.15) is 5.52 Å². The summed E-state index contributed by atoms with van der Waals surface area (Å²) in [5.41, 5.74) is 2.81. The Kier molecular flexibility index (Phi) is 5.85. The fourth-order valence-electron chi connectivity index (χ4n) is 3.94. The Morgan fingerprint density at radius 2 is 1.87 bits per heavy atom. The number of carbonyl (C=O) groups is 1. The van der Waals surface area contributed by atoms with Gasteiger partial charge >= 0.3 is 0 Å². The summed E-state index contributed by atoms with van der Waals surface area (Å²) in [7, 11) is -3.66. The first-order valence-corrected chi connectivity index (χ1v) is 12.0. The Morgan fingerprint density at radius 1 is 1.16 bits per heavy atom. The van der Waals surface area contributed by atoms with Gasteiger partial charge in [-0.1, -0.05) is 18.2 Å². The second kappa shape index (κ2) is 8.43. The zero-order chi connectivity index (χ0) is 22.2. The van der Waals surface area contributed by atoms with Gasteiger partial charge in [0, 0.05) is 30.6 Å². The summed E-state index contributed by atoms with van der Waals surface area (Å²) in [4.78, 5) is 19.7. The number of hydrogen-bond acceptors (Lipinski definition) is 5. The molecule has 0 aliphatic carbocycles. The van der Waals surface area contributed by atoms with Gasteiger partial charge < -0.3 is 9.32 Å². The second-order valence-electron chi connectivity index (χ2n) is 8.34. The molecule has 2 heterocycles. The molecule has 0 radical (unpaired) electrons. The Balaban J connectivity index is 1.49. The van der Waals surface area contributed by atoms with Crippen molar-refractivity contribution in [2.45, 2.75) is 50.5 Å². The van der Waals surface area contributed by atoms with Crippen LogP contribution in [0.5, 0.6) is 0 Å². The number of nitrogens with zero attached hydrogens (tertiary/aromatic N) is 2. The molecule has 31 heavy (non-hydrogen) atoms. The van der Waals surface area contributed by atoms with Crippen LogP contribution in [0.3, 0.4) is 0 Å². The number of oxazole rings is 1. The van der Waals surface area contributed by atoms with E-state index < -0.39 is 10.0 Å². The maximum absolute atomic E-state index is 13.2. The highest BCUT2D eigenvalue weighted by Crippen LogP contribution is 2.31. The lowest BCUT2D eigenvalue weighted by atomic mass is 9.96. The molecule has 0 bridgehead atoms. The van der Waals surface area contributed by atoms with Crippen LogP contribution in [0.25, 0.3) is 11.1 Å². The van der Waals surface area contributed by atoms with Gasteiger partial charge in [-0.3, -0.25) is 4.79 Å². The van der Waals surface area contributed by atoms with E-state index in [1.165, 1.54) is 12.1 Å². The lowest BCUT2D eigenvalue weighted by Crippen LogP contribution is -2.38. The van der Waals surface area contributed by atoms with Crippen LogP contribution in [0.4, 0.5) is 0 Å². The highest BCUT2D eigenvalue weighted by molar-refractivity contribution is 7.89. The third-order valence-electron chi connectivity index (χ3n) is 5.58. The molecule has 0 saturated carbocycles. The minimum Gasteiger partial charge on any atom is -0.440 e. The van der Waals surface area contributed by atoms with E-state index in [9.17, 15) is 13.2 Å². The quantitative estimate of drug-likeness (QED) is 0.649. The molecular weight excluding hydrogens is 414 g/mol. The molecule has 1 N–H and O–H groups in total. The van der Waals surface area contributed by atoms with E-state index in [0.29, 0.717) is 18.7 Å². The molecule has 0 atom stereocenters. The Bertz CT molecular complexity index is 1180. The summed E-state index contributed by atoms with van der Waals surface area (Å²) < 4.78 is 33.5. The summed E-state index contributed by atoms with van der Waals surface area (Å²) in [5, 5.41) is 0. The predicted molar refractivity (Wildman–Crippen MR) is 119 cm³/mol. The van der Waals surface area contributed by atoms with Crippen molar-refractivity contribution in [1.82, 2.24) is 14.6 Å². The lowest BCUT2D eigenvalue weighted by Gasteiger charge is -2.31. The van der Waals surface area contributed by atoms with Gasteiger partial charge in [0.05, 0.1) is 4.90 Å². The van der Waals surface area contributed by atoms with Crippen LogP contribution in [0.15, 0.2) is 51.8 Å². The highest BCUT2D eigenvalue weighted by atomic mass is 32.2. The minimum atomic E-state index is -3.66. The highest BCUT2D eigenvalue weighted by Gasteiger charge is 2.29. The zero-order valence-corrected chi connectivity index (χ0v) is 18.8. The summed E-state index contributed by atoms with van der Waals surface area (Å²) in [6.07, 6.45) is 1.51. The van der Waals surface area contributed by atoms with Crippen LogP contribution in [-0.4, -0.2) is 43.3 Å². The van der Waals surface area contributed by atoms with Gasteiger partial charge in [0.15, 0.2) is 11.5 Å². The molecule has 7 nitrogen and oxygen atoms in total. The zero-order valence-electron chi connectivity index (χ0n) is 18.0. The van der Waals surface area contributed by atoms with Crippen LogP contribution >= 0.6 is 0 Å². The van der Waals surface area contributed by atoms with Crippen molar-refractivity contribution in [1.29, 1.82) is 0 Å². The predicted octanol–water partition coefficient (Wildman–Crippen LogP) is 3.84. The molecule has 1 amide bonds.